The summed E-state index contributed by atoms with van der Waals surface area (Å²) in [6, 6.07) is 3.65. The third-order valence-corrected chi connectivity index (χ3v) is 5.59. The van der Waals surface area contributed by atoms with Gasteiger partial charge in [0.25, 0.3) is 0 Å². The van der Waals surface area contributed by atoms with E-state index in [4.69, 9.17) is 9.47 Å². The molecule has 0 N–H and O–H groups in total. The molecule has 0 radical (unpaired) electrons. The second kappa shape index (κ2) is 12.0. The monoisotopic (exact) mass is 445 g/mol. The molecule has 178 valence electrons. The summed E-state index contributed by atoms with van der Waals surface area (Å²) >= 11 is 0. The number of aromatic nitrogens is 1. The van der Waals surface area contributed by atoms with E-state index in [9.17, 15) is 9.59 Å². The number of hydrogen-bond acceptors (Lipinski definition) is 6. The molecule has 0 aliphatic carbocycles. The smallest absolute Gasteiger partial charge is 0.416 e. The van der Waals surface area contributed by atoms with E-state index < -0.39 is 11.6 Å². The van der Waals surface area contributed by atoms with Gasteiger partial charge in [0.2, 0.25) is 0 Å². The van der Waals surface area contributed by atoms with Gasteiger partial charge in [-0.05, 0) is 63.8 Å². The minimum Gasteiger partial charge on any atom is -0.463 e. The van der Waals surface area contributed by atoms with Crippen LogP contribution in [0.25, 0.3) is 6.08 Å². The third kappa shape index (κ3) is 7.93. The quantitative estimate of drug-likeness (QED) is 0.397. The second-order valence-electron chi connectivity index (χ2n) is 9.27. The summed E-state index contributed by atoms with van der Waals surface area (Å²) in [6.45, 7) is 15.0. The third-order valence-electron chi connectivity index (χ3n) is 5.59. The lowest BCUT2D eigenvalue weighted by molar-refractivity contribution is -0.137. The van der Waals surface area contributed by atoms with Crippen LogP contribution in [0.2, 0.25) is 0 Å². The lowest BCUT2D eigenvalue weighted by Gasteiger charge is -2.31. The predicted octanol–water partition coefficient (Wildman–Crippen LogP) is 4.91. The Bertz CT molecular complexity index is 766. The Labute approximate surface area is 192 Å². The normalized spacial score (nSPS) is 17.2. The summed E-state index contributed by atoms with van der Waals surface area (Å²) in [5.41, 5.74) is 0.165. The van der Waals surface area contributed by atoms with Crippen molar-refractivity contribution in [3.05, 3.63) is 30.0 Å². The van der Waals surface area contributed by atoms with Crippen LogP contribution in [0.3, 0.4) is 0 Å². The average molecular weight is 446 g/mol. The maximum absolute atomic E-state index is 13.1. The molecule has 1 aliphatic heterocycles. The van der Waals surface area contributed by atoms with E-state index in [1.807, 2.05) is 26.8 Å². The summed E-state index contributed by atoms with van der Waals surface area (Å²) < 4.78 is 10.6. The average Bonchev–Trinajstić information content (AvgIpc) is 3.18. The van der Waals surface area contributed by atoms with Crippen molar-refractivity contribution in [2.45, 2.75) is 72.4 Å². The fourth-order valence-electron chi connectivity index (χ4n) is 3.83. The molecule has 0 unspecified atom stereocenters. The number of carbonyl (C=O) groups is 2. The van der Waals surface area contributed by atoms with Gasteiger partial charge in [-0.25, -0.2) is 14.6 Å². The zero-order chi connectivity index (χ0) is 23.7. The van der Waals surface area contributed by atoms with Crippen molar-refractivity contribution < 1.29 is 19.1 Å². The number of hydrogen-bond donors (Lipinski definition) is 0. The predicted molar refractivity (Wildman–Crippen MR) is 128 cm³/mol. The van der Waals surface area contributed by atoms with Gasteiger partial charge in [0.05, 0.1) is 12.6 Å². The molecule has 1 aromatic heterocycles. The number of rotatable bonds is 9. The van der Waals surface area contributed by atoms with Gasteiger partial charge in [-0.3, -0.25) is 4.90 Å². The van der Waals surface area contributed by atoms with Crippen LogP contribution in [-0.4, -0.2) is 59.8 Å². The molecule has 1 aliphatic rings. The highest BCUT2D eigenvalue weighted by Crippen LogP contribution is 2.26. The molecule has 7 nitrogen and oxygen atoms in total. The van der Waals surface area contributed by atoms with Crippen LogP contribution >= 0.6 is 0 Å². The summed E-state index contributed by atoms with van der Waals surface area (Å²) in [7, 11) is 0. The highest BCUT2D eigenvalue weighted by atomic mass is 16.6. The van der Waals surface area contributed by atoms with Crippen LogP contribution < -0.4 is 4.90 Å². The molecule has 1 atom stereocenters. The first-order chi connectivity index (χ1) is 15.2. The van der Waals surface area contributed by atoms with Gasteiger partial charge in [-0.15, -0.1) is 0 Å². The molecular formula is C25H39N3O4. The molecule has 2 rings (SSSR count). The topological polar surface area (TPSA) is 72.0 Å². The molecular weight excluding hydrogens is 406 g/mol. The minimum absolute atomic E-state index is 0.00707. The van der Waals surface area contributed by atoms with Crippen molar-refractivity contribution >= 4 is 24.0 Å². The van der Waals surface area contributed by atoms with E-state index >= 15 is 0 Å². The van der Waals surface area contributed by atoms with E-state index in [1.165, 1.54) is 6.08 Å². The van der Waals surface area contributed by atoms with Crippen molar-refractivity contribution in [2.75, 3.05) is 31.1 Å². The van der Waals surface area contributed by atoms with Crippen LogP contribution in [0.4, 0.5) is 10.6 Å². The Hall–Kier alpha value is -2.41. The molecule has 1 amide bonds. The molecule has 1 saturated heterocycles. The highest BCUT2D eigenvalue weighted by Gasteiger charge is 2.35. The zero-order valence-corrected chi connectivity index (χ0v) is 20.5. The van der Waals surface area contributed by atoms with E-state index in [2.05, 4.69) is 23.7 Å². The van der Waals surface area contributed by atoms with Crippen molar-refractivity contribution in [3.8, 4) is 0 Å². The van der Waals surface area contributed by atoms with Crippen molar-refractivity contribution in [3.63, 3.8) is 0 Å². The molecule has 0 saturated carbocycles. The Morgan fingerprint density at radius 2 is 1.97 bits per heavy atom. The van der Waals surface area contributed by atoms with Gasteiger partial charge in [0.1, 0.15) is 11.4 Å². The van der Waals surface area contributed by atoms with E-state index in [0.29, 0.717) is 18.3 Å². The first-order valence-electron chi connectivity index (χ1n) is 11.7. The lowest BCUT2D eigenvalue weighted by atomic mass is 10.0. The van der Waals surface area contributed by atoms with Gasteiger partial charge >= 0.3 is 12.1 Å². The SMILES string of the molecule is CCOC(=O)/C=C/c1ccc(N(C(=O)OC(C)(C)C)[C@@H]2CCN(CC(CC)CC)C2)nc1. The van der Waals surface area contributed by atoms with Gasteiger partial charge in [0.15, 0.2) is 0 Å². The summed E-state index contributed by atoms with van der Waals surface area (Å²) in [5.74, 6) is 0.838. The van der Waals surface area contributed by atoms with Gasteiger partial charge in [0, 0.05) is 31.9 Å². The van der Waals surface area contributed by atoms with E-state index in [1.54, 1.807) is 30.2 Å². The van der Waals surface area contributed by atoms with Gasteiger partial charge in [-0.1, -0.05) is 26.7 Å². The Kier molecular flexibility index (Phi) is 9.69. The summed E-state index contributed by atoms with van der Waals surface area (Å²) in [4.78, 5) is 33.3. The van der Waals surface area contributed by atoms with Gasteiger partial charge < -0.3 is 14.4 Å². The fraction of sp³-hybridized carbons (Fsp3) is 0.640. The standard InChI is InChI=1S/C25H39N3O4/c1-7-19(8-2)17-27-15-14-21(18-27)28(24(30)32-25(4,5)6)22-12-10-20(16-26-22)11-13-23(29)31-9-3/h10-13,16,19,21H,7-9,14-15,17-18H2,1-6H3/b13-11+/t21-/m1/s1. The second-order valence-corrected chi connectivity index (χ2v) is 9.27. The highest BCUT2D eigenvalue weighted by molar-refractivity contribution is 5.88. The number of amides is 1. The minimum atomic E-state index is -0.592. The molecule has 32 heavy (non-hydrogen) atoms. The van der Waals surface area contributed by atoms with Crippen molar-refractivity contribution in [1.82, 2.24) is 9.88 Å². The summed E-state index contributed by atoms with van der Waals surface area (Å²) in [5, 5.41) is 0. The maximum Gasteiger partial charge on any atom is 0.416 e. The van der Waals surface area contributed by atoms with Crippen LogP contribution in [-0.2, 0) is 14.3 Å². The lowest BCUT2D eigenvalue weighted by Crippen LogP contribution is -2.45. The number of ether oxygens (including phenoxy) is 2. The zero-order valence-electron chi connectivity index (χ0n) is 20.5. The first kappa shape index (κ1) is 25.8. The maximum atomic E-state index is 13.1. The number of esters is 1. The Morgan fingerprint density at radius 1 is 1.25 bits per heavy atom. The van der Waals surface area contributed by atoms with E-state index in [0.717, 1.165) is 44.5 Å². The number of carbonyl (C=O) groups excluding carboxylic acids is 2. The molecule has 1 aromatic rings. The van der Waals surface area contributed by atoms with Crippen LogP contribution in [0.5, 0.6) is 0 Å². The number of likely N-dealkylation sites (tertiary alicyclic amines) is 1. The van der Waals surface area contributed by atoms with Crippen LogP contribution in [0, 0.1) is 5.92 Å². The fourth-order valence-corrected chi connectivity index (χ4v) is 3.83. The van der Waals surface area contributed by atoms with Crippen molar-refractivity contribution in [2.24, 2.45) is 5.92 Å². The van der Waals surface area contributed by atoms with Gasteiger partial charge in [-0.2, -0.15) is 0 Å². The largest absolute Gasteiger partial charge is 0.463 e. The molecule has 0 aromatic carbocycles. The summed E-state index contributed by atoms with van der Waals surface area (Å²) in [6.07, 6.45) is 7.50. The molecule has 0 bridgehead atoms. The number of anilines is 1. The molecule has 7 heteroatoms. The molecule has 2 heterocycles. The van der Waals surface area contributed by atoms with E-state index in [-0.39, 0.29) is 12.1 Å². The molecule has 1 fully saturated rings. The van der Waals surface area contributed by atoms with Crippen LogP contribution in [0.15, 0.2) is 24.4 Å². The van der Waals surface area contributed by atoms with Crippen LogP contribution in [0.1, 0.15) is 66.4 Å². The number of pyridine rings is 1. The Morgan fingerprint density at radius 3 is 2.53 bits per heavy atom. The first-order valence-corrected chi connectivity index (χ1v) is 11.7. The number of nitrogens with zero attached hydrogens (tertiary/aromatic N) is 3. The Balaban J connectivity index is 2.19. The van der Waals surface area contributed by atoms with Crippen molar-refractivity contribution in [1.29, 1.82) is 0 Å². The molecule has 0 spiro atoms.